The van der Waals surface area contributed by atoms with Crippen molar-refractivity contribution < 1.29 is 18.0 Å². The third-order valence-electron chi connectivity index (χ3n) is 4.19. The third-order valence-corrected chi connectivity index (χ3v) is 4.19. The number of amides is 2. The second-order valence-electron chi connectivity index (χ2n) is 6.00. The van der Waals surface area contributed by atoms with Gasteiger partial charge >= 0.3 is 12.2 Å². The highest BCUT2D eigenvalue weighted by molar-refractivity contribution is 5.74. The number of pyridine rings is 1. The molecule has 1 aromatic carbocycles. The molecule has 2 rings (SSSR count). The van der Waals surface area contributed by atoms with Gasteiger partial charge in [-0.05, 0) is 36.1 Å². The molecule has 26 heavy (non-hydrogen) atoms. The van der Waals surface area contributed by atoms with Crippen molar-refractivity contribution in [3.63, 3.8) is 0 Å². The molecule has 0 aliphatic carbocycles. The Hall–Kier alpha value is -2.57. The average Bonchev–Trinajstić information content (AvgIpc) is 2.62. The molecule has 0 saturated carbocycles. The first kappa shape index (κ1) is 19.8. The van der Waals surface area contributed by atoms with Crippen LogP contribution >= 0.6 is 0 Å². The van der Waals surface area contributed by atoms with E-state index in [0.29, 0.717) is 12.0 Å². The van der Waals surface area contributed by atoms with Crippen LogP contribution in [-0.4, -0.2) is 29.5 Å². The van der Waals surface area contributed by atoms with Gasteiger partial charge < -0.3 is 10.2 Å². The van der Waals surface area contributed by atoms with Crippen molar-refractivity contribution in [2.24, 2.45) is 0 Å². The number of halogens is 3. The van der Waals surface area contributed by atoms with Crippen molar-refractivity contribution in [3.05, 3.63) is 65.5 Å². The van der Waals surface area contributed by atoms with Gasteiger partial charge in [-0.25, -0.2) is 4.79 Å². The summed E-state index contributed by atoms with van der Waals surface area (Å²) in [7, 11) is 1.70. The molecule has 1 aromatic heterocycles. The first-order valence-electron chi connectivity index (χ1n) is 8.39. The smallest absolute Gasteiger partial charge is 0.338 e. The van der Waals surface area contributed by atoms with Crippen LogP contribution in [0.15, 0.2) is 48.8 Å². The maximum atomic E-state index is 12.7. The molecule has 1 N–H and O–H groups in total. The number of nitrogens with one attached hydrogen (secondary N) is 1. The van der Waals surface area contributed by atoms with E-state index < -0.39 is 11.7 Å². The maximum Gasteiger partial charge on any atom is 0.416 e. The molecule has 4 nitrogen and oxygen atoms in total. The number of benzene rings is 1. The van der Waals surface area contributed by atoms with Crippen LogP contribution in [0.5, 0.6) is 0 Å². The summed E-state index contributed by atoms with van der Waals surface area (Å²) in [5, 5.41) is 2.76. The first-order chi connectivity index (χ1) is 12.3. The lowest BCUT2D eigenvalue weighted by Crippen LogP contribution is -2.40. The second kappa shape index (κ2) is 8.69. The Labute approximate surface area is 151 Å². The van der Waals surface area contributed by atoms with Gasteiger partial charge in [0.25, 0.3) is 0 Å². The number of carbonyl (C=O) groups is 1. The number of alkyl halides is 3. The molecule has 0 bridgehead atoms. The Morgan fingerprint density at radius 2 is 2.04 bits per heavy atom. The van der Waals surface area contributed by atoms with Crippen LogP contribution in [-0.2, 0) is 12.6 Å². The van der Waals surface area contributed by atoms with Crippen molar-refractivity contribution in [1.29, 1.82) is 0 Å². The monoisotopic (exact) mass is 365 g/mol. The molecule has 2 aromatic rings. The Bertz CT molecular complexity index is 719. The summed E-state index contributed by atoms with van der Waals surface area (Å²) >= 11 is 0. The highest BCUT2D eigenvalue weighted by Gasteiger charge is 2.30. The number of aromatic nitrogens is 1. The molecule has 1 atom stereocenters. The van der Waals surface area contributed by atoms with E-state index in [4.69, 9.17) is 0 Å². The maximum absolute atomic E-state index is 12.7. The summed E-state index contributed by atoms with van der Waals surface area (Å²) in [5.74, 6) is 0. The highest BCUT2D eigenvalue weighted by atomic mass is 19.4. The fourth-order valence-corrected chi connectivity index (χ4v) is 2.79. The topological polar surface area (TPSA) is 45.2 Å². The SMILES string of the molecule is CCC(c1cccnc1)N(C)C(=O)NCCc1cccc(C(F)(F)F)c1. The largest absolute Gasteiger partial charge is 0.416 e. The van der Waals surface area contributed by atoms with Gasteiger partial charge in [-0.2, -0.15) is 13.2 Å². The van der Waals surface area contributed by atoms with Gasteiger partial charge in [0, 0.05) is 26.0 Å². The zero-order chi connectivity index (χ0) is 19.2. The quantitative estimate of drug-likeness (QED) is 0.823. The number of urea groups is 1. The predicted octanol–water partition coefficient (Wildman–Crippen LogP) is 4.44. The molecule has 0 radical (unpaired) electrons. The lowest BCUT2D eigenvalue weighted by Gasteiger charge is -2.27. The zero-order valence-corrected chi connectivity index (χ0v) is 14.8. The van der Waals surface area contributed by atoms with Crippen LogP contribution in [0.4, 0.5) is 18.0 Å². The Morgan fingerprint density at radius 1 is 1.27 bits per heavy atom. The molecule has 140 valence electrons. The molecule has 7 heteroatoms. The minimum atomic E-state index is -4.36. The third kappa shape index (κ3) is 5.21. The first-order valence-corrected chi connectivity index (χ1v) is 8.39. The van der Waals surface area contributed by atoms with Crippen LogP contribution in [0, 0.1) is 0 Å². The van der Waals surface area contributed by atoms with E-state index in [1.54, 1.807) is 30.4 Å². The van der Waals surface area contributed by atoms with Gasteiger partial charge in [0.2, 0.25) is 0 Å². The summed E-state index contributed by atoms with van der Waals surface area (Å²) in [4.78, 5) is 18.0. The van der Waals surface area contributed by atoms with Crippen molar-refractivity contribution in [3.8, 4) is 0 Å². The lowest BCUT2D eigenvalue weighted by atomic mass is 10.1. The van der Waals surface area contributed by atoms with Crippen LogP contribution in [0.1, 0.15) is 36.1 Å². The lowest BCUT2D eigenvalue weighted by molar-refractivity contribution is -0.137. The Balaban J connectivity index is 1.92. The van der Waals surface area contributed by atoms with Crippen LogP contribution in [0.2, 0.25) is 0 Å². The van der Waals surface area contributed by atoms with Crippen LogP contribution in [0.25, 0.3) is 0 Å². The minimum Gasteiger partial charge on any atom is -0.338 e. The molecule has 0 spiro atoms. The summed E-state index contributed by atoms with van der Waals surface area (Å²) in [5.41, 5.74) is 0.786. The highest BCUT2D eigenvalue weighted by Crippen LogP contribution is 2.29. The molecular formula is C19H22F3N3O. The van der Waals surface area contributed by atoms with Gasteiger partial charge in [0.05, 0.1) is 11.6 Å². The van der Waals surface area contributed by atoms with E-state index in [0.717, 1.165) is 24.1 Å². The molecule has 0 aliphatic heterocycles. The van der Waals surface area contributed by atoms with Crippen molar-refractivity contribution in [1.82, 2.24) is 15.2 Å². The van der Waals surface area contributed by atoms with E-state index in [9.17, 15) is 18.0 Å². The molecule has 0 fully saturated rings. The van der Waals surface area contributed by atoms with E-state index in [1.807, 2.05) is 19.1 Å². The molecular weight excluding hydrogens is 343 g/mol. The van der Waals surface area contributed by atoms with Crippen molar-refractivity contribution in [2.45, 2.75) is 32.0 Å². The van der Waals surface area contributed by atoms with Gasteiger partial charge in [0.15, 0.2) is 0 Å². The van der Waals surface area contributed by atoms with E-state index in [2.05, 4.69) is 10.3 Å². The summed E-state index contributed by atoms with van der Waals surface area (Å²) in [6, 6.07) is 8.49. The number of hydrogen-bond donors (Lipinski definition) is 1. The van der Waals surface area contributed by atoms with Gasteiger partial charge in [-0.3, -0.25) is 4.98 Å². The summed E-state index contributed by atoms with van der Waals surface area (Å²) in [6.45, 7) is 2.23. The molecule has 2 amide bonds. The fraction of sp³-hybridized carbons (Fsp3) is 0.368. The number of carbonyl (C=O) groups excluding carboxylic acids is 1. The van der Waals surface area contributed by atoms with Crippen LogP contribution < -0.4 is 5.32 Å². The normalized spacial score (nSPS) is 12.5. The van der Waals surface area contributed by atoms with E-state index >= 15 is 0 Å². The molecule has 0 saturated heterocycles. The Kier molecular flexibility index (Phi) is 6.60. The van der Waals surface area contributed by atoms with Crippen LogP contribution in [0.3, 0.4) is 0 Å². The van der Waals surface area contributed by atoms with Crippen molar-refractivity contribution >= 4 is 6.03 Å². The Morgan fingerprint density at radius 3 is 2.65 bits per heavy atom. The summed E-state index contributed by atoms with van der Waals surface area (Å²) in [6.07, 6.45) is 0.0832. The number of nitrogens with zero attached hydrogens (tertiary/aromatic N) is 2. The van der Waals surface area contributed by atoms with E-state index in [-0.39, 0.29) is 18.6 Å². The average molecular weight is 365 g/mol. The summed E-state index contributed by atoms with van der Waals surface area (Å²) < 4.78 is 38.2. The molecule has 1 unspecified atom stereocenters. The van der Waals surface area contributed by atoms with Gasteiger partial charge in [-0.15, -0.1) is 0 Å². The van der Waals surface area contributed by atoms with Crippen molar-refractivity contribution in [2.75, 3.05) is 13.6 Å². The molecule has 1 heterocycles. The predicted molar refractivity (Wildman–Crippen MR) is 93.6 cm³/mol. The van der Waals surface area contributed by atoms with Gasteiger partial charge in [-0.1, -0.05) is 31.2 Å². The molecule has 0 aliphatic rings. The standard InChI is InChI=1S/C19H22F3N3O/c1-3-17(15-7-5-10-23-13-15)25(2)18(26)24-11-9-14-6-4-8-16(12-14)19(20,21)22/h4-8,10,12-13,17H,3,9,11H2,1-2H3,(H,24,26). The van der Waals surface area contributed by atoms with E-state index in [1.165, 1.54) is 6.07 Å². The fourth-order valence-electron chi connectivity index (χ4n) is 2.79. The zero-order valence-electron chi connectivity index (χ0n) is 14.8. The number of hydrogen-bond acceptors (Lipinski definition) is 2. The minimum absolute atomic E-state index is 0.114. The number of rotatable bonds is 6. The second-order valence-corrected chi connectivity index (χ2v) is 6.00. The van der Waals surface area contributed by atoms with Gasteiger partial charge in [0.1, 0.15) is 0 Å².